The Labute approximate surface area is 246 Å². The van der Waals surface area contributed by atoms with Crippen LogP contribution in [-0.2, 0) is 4.79 Å². The molecule has 1 aliphatic carbocycles. The zero-order chi connectivity index (χ0) is 29.1. The third-order valence-corrected chi connectivity index (χ3v) is 8.01. The maximum absolute atomic E-state index is 12.9. The van der Waals surface area contributed by atoms with Gasteiger partial charge in [0.2, 0.25) is 5.91 Å². The molecule has 0 atom stereocenters. The third kappa shape index (κ3) is 5.75. The monoisotopic (exact) mass is 559 g/mol. The third-order valence-electron chi connectivity index (χ3n) is 8.01. The first-order valence-corrected chi connectivity index (χ1v) is 14.9. The van der Waals surface area contributed by atoms with E-state index in [9.17, 15) is 4.79 Å². The second-order valence-corrected chi connectivity index (χ2v) is 11.2. The number of fused-ring (bicyclic) bond motifs is 1. The topological polar surface area (TPSA) is 101 Å². The maximum atomic E-state index is 12.9. The molecule has 3 aromatic heterocycles. The number of rotatable bonds is 8. The van der Waals surface area contributed by atoms with Gasteiger partial charge in [-0.3, -0.25) is 14.8 Å². The van der Waals surface area contributed by atoms with E-state index >= 15 is 0 Å². The van der Waals surface area contributed by atoms with Crippen molar-refractivity contribution in [3.8, 4) is 16.8 Å². The number of nitrogens with zero attached hydrogens (tertiary/aromatic N) is 5. The first-order chi connectivity index (χ1) is 20.5. The minimum atomic E-state index is 0.0906. The van der Waals surface area contributed by atoms with Gasteiger partial charge in [0.15, 0.2) is 5.82 Å². The van der Waals surface area contributed by atoms with E-state index < -0.39 is 0 Å². The number of hydrogen-bond donors (Lipinski definition) is 2. The summed E-state index contributed by atoms with van der Waals surface area (Å²) in [6.45, 7) is 6.89. The molecular formula is C34H37N7O. The van der Waals surface area contributed by atoms with Gasteiger partial charge in [-0.15, -0.1) is 0 Å². The fourth-order valence-electron chi connectivity index (χ4n) is 5.73. The molecule has 0 spiro atoms. The second kappa shape index (κ2) is 12.1. The van der Waals surface area contributed by atoms with Crippen LogP contribution in [0.2, 0.25) is 0 Å². The average molecular weight is 560 g/mol. The van der Waals surface area contributed by atoms with Crippen molar-refractivity contribution < 1.29 is 4.79 Å². The first kappa shape index (κ1) is 27.6. The smallest absolute Gasteiger partial charge is 0.227 e. The number of anilines is 1. The van der Waals surface area contributed by atoms with Crippen molar-refractivity contribution in [2.75, 3.05) is 11.9 Å². The molecule has 2 N–H and O–H groups in total. The number of carbonyl (C=O) groups is 1. The van der Waals surface area contributed by atoms with Crippen molar-refractivity contribution in [1.29, 1.82) is 0 Å². The van der Waals surface area contributed by atoms with Crippen LogP contribution in [0, 0.1) is 19.8 Å². The lowest BCUT2D eigenvalue weighted by atomic mass is 9.88. The van der Waals surface area contributed by atoms with Gasteiger partial charge in [-0.1, -0.05) is 44.4 Å². The van der Waals surface area contributed by atoms with E-state index in [-0.39, 0.29) is 11.8 Å². The van der Waals surface area contributed by atoms with Crippen LogP contribution >= 0.6 is 0 Å². The van der Waals surface area contributed by atoms with Gasteiger partial charge in [0, 0.05) is 36.0 Å². The highest BCUT2D eigenvalue weighted by Crippen LogP contribution is 2.29. The molecule has 8 heteroatoms. The number of pyridine rings is 1. The Morgan fingerprint density at radius 2 is 1.93 bits per heavy atom. The molecule has 0 saturated heterocycles. The summed E-state index contributed by atoms with van der Waals surface area (Å²) < 4.78 is 2.00. The molecule has 42 heavy (non-hydrogen) atoms. The van der Waals surface area contributed by atoms with Crippen LogP contribution in [0.25, 0.3) is 27.8 Å². The van der Waals surface area contributed by atoms with Crippen LogP contribution in [0.4, 0.5) is 5.69 Å². The first-order valence-electron chi connectivity index (χ1n) is 14.9. The molecule has 0 aliphatic heterocycles. The molecule has 214 valence electrons. The number of carbonyl (C=O) groups excluding carboxylic acids is 1. The maximum Gasteiger partial charge on any atom is 0.227 e. The van der Waals surface area contributed by atoms with Gasteiger partial charge < -0.3 is 14.9 Å². The summed E-state index contributed by atoms with van der Waals surface area (Å²) in [6, 6.07) is 14.5. The van der Waals surface area contributed by atoms with Gasteiger partial charge in [0.25, 0.3) is 0 Å². The molecule has 3 heterocycles. The number of nitrogens with one attached hydrogen (secondary N) is 2. The molecule has 5 aromatic rings. The Kier molecular flexibility index (Phi) is 7.95. The number of aryl methyl sites for hydroxylation is 2. The van der Waals surface area contributed by atoms with Crippen molar-refractivity contribution >= 4 is 28.3 Å². The predicted molar refractivity (Wildman–Crippen MR) is 168 cm³/mol. The second-order valence-electron chi connectivity index (χ2n) is 11.2. The number of benzene rings is 2. The van der Waals surface area contributed by atoms with E-state index in [4.69, 9.17) is 9.98 Å². The minimum Gasteiger partial charge on any atom is -0.337 e. The number of aromatic amines is 1. The number of para-hydroxylation sites is 1. The van der Waals surface area contributed by atoms with Gasteiger partial charge >= 0.3 is 0 Å². The lowest BCUT2D eigenvalue weighted by molar-refractivity contribution is -0.120. The number of aliphatic imine (C=N–C) groups is 1. The summed E-state index contributed by atoms with van der Waals surface area (Å²) in [7, 11) is 0. The number of aromatic nitrogens is 5. The van der Waals surface area contributed by atoms with Crippen molar-refractivity contribution in [2.45, 2.75) is 59.3 Å². The average Bonchev–Trinajstić information content (AvgIpc) is 3.65. The van der Waals surface area contributed by atoms with Gasteiger partial charge in [0.05, 0.1) is 35.1 Å². The zero-order valence-electron chi connectivity index (χ0n) is 24.5. The molecule has 8 nitrogen and oxygen atoms in total. The van der Waals surface area contributed by atoms with Crippen LogP contribution in [0.1, 0.15) is 68.1 Å². The van der Waals surface area contributed by atoms with Crippen LogP contribution in [0.5, 0.6) is 0 Å². The highest BCUT2D eigenvalue weighted by atomic mass is 16.1. The van der Waals surface area contributed by atoms with E-state index in [1.807, 2.05) is 48.4 Å². The molecule has 0 radical (unpaired) electrons. The lowest BCUT2D eigenvalue weighted by Crippen LogP contribution is -2.24. The molecule has 2 aromatic carbocycles. The van der Waals surface area contributed by atoms with Crippen molar-refractivity contribution in [1.82, 2.24) is 24.5 Å². The molecule has 0 bridgehead atoms. The molecule has 1 aliphatic rings. The van der Waals surface area contributed by atoms with Crippen molar-refractivity contribution in [2.24, 2.45) is 10.9 Å². The largest absolute Gasteiger partial charge is 0.337 e. The Morgan fingerprint density at radius 1 is 1.07 bits per heavy atom. The Balaban J connectivity index is 1.35. The number of imidazole rings is 2. The van der Waals surface area contributed by atoms with Crippen LogP contribution in [0.3, 0.4) is 0 Å². The highest BCUT2D eigenvalue weighted by Gasteiger charge is 2.22. The normalized spacial score (nSPS) is 14.4. The lowest BCUT2D eigenvalue weighted by Gasteiger charge is -2.20. The quantitative estimate of drug-likeness (QED) is 0.196. The Hall–Kier alpha value is -4.59. The SMILES string of the molecule is CCCN=C(c1nc2c(-n3cnc(C)c3)cccc2[nH]1)c1cc(-c2cncc(NC(=O)C3CCCCC3)c2)ccc1C. The Morgan fingerprint density at radius 3 is 2.71 bits per heavy atom. The van der Waals surface area contributed by atoms with Crippen LogP contribution in [-0.4, -0.2) is 42.7 Å². The summed E-state index contributed by atoms with van der Waals surface area (Å²) >= 11 is 0. The van der Waals surface area contributed by atoms with E-state index in [1.54, 1.807) is 6.20 Å². The van der Waals surface area contributed by atoms with E-state index in [1.165, 1.54) is 6.42 Å². The summed E-state index contributed by atoms with van der Waals surface area (Å²) in [5, 5.41) is 3.11. The predicted octanol–water partition coefficient (Wildman–Crippen LogP) is 7.19. The number of amides is 1. The summed E-state index contributed by atoms with van der Waals surface area (Å²) in [4.78, 5) is 35.4. The molecule has 0 unspecified atom stereocenters. The van der Waals surface area contributed by atoms with E-state index in [0.717, 1.165) is 94.0 Å². The van der Waals surface area contributed by atoms with Gasteiger partial charge in [0.1, 0.15) is 11.2 Å². The molecule has 1 saturated carbocycles. The van der Waals surface area contributed by atoms with E-state index in [0.29, 0.717) is 6.54 Å². The zero-order valence-corrected chi connectivity index (χ0v) is 24.5. The van der Waals surface area contributed by atoms with Gasteiger partial charge in [-0.25, -0.2) is 9.97 Å². The standard InChI is InChI=1S/C34H37N7O/c1-4-15-36-31(33-39-29-11-8-12-30(32(29)40-33)41-20-23(3)37-21-41)28-17-25(14-13-22(28)2)26-16-27(19-35-18-26)38-34(42)24-9-6-5-7-10-24/h8,11-14,16-21,24H,4-7,9-10,15H2,1-3H3,(H,38,42)(H,39,40). The van der Waals surface area contributed by atoms with E-state index in [2.05, 4.69) is 58.4 Å². The van der Waals surface area contributed by atoms with Crippen LogP contribution < -0.4 is 5.32 Å². The molecule has 6 rings (SSSR count). The summed E-state index contributed by atoms with van der Waals surface area (Å²) in [5.74, 6) is 0.921. The Bertz CT molecular complexity index is 1760. The fourth-order valence-corrected chi connectivity index (χ4v) is 5.73. The van der Waals surface area contributed by atoms with Crippen LogP contribution in [0.15, 0.2) is 72.4 Å². The van der Waals surface area contributed by atoms with Gasteiger partial charge in [-0.05, 0) is 68.5 Å². The van der Waals surface area contributed by atoms with Gasteiger partial charge in [-0.2, -0.15) is 0 Å². The molecular weight excluding hydrogens is 522 g/mol. The fraction of sp³-hybridized carbons (Fsp3) is 0.324. The number of H-pyrrole nitrogens is 1. The summed E-state index contributed by atoms with van der Waals surface area (Å²) in [6.07, 6.45) is 13.7. The van der Waals surface area contributed by atoms with Crippen molar-refractivity contribution in [3.05, 3.63) is 90.0 Å². The summed E-state index contributed by atoms with van der Waals surface area (Å²) in [5.41, 5.74) is 9.35. The highest BCUT2D eigenvalue weighted by molar-refractivity contribution is 6.13. The molecule has 1 fully saturated rings. The minimum absolute atomic E-state index is 0.0906. The van der Waals surface area contributed by atoms with Crippen molar-refractivity contribution in [3.63, 3.8) is 0 Å². The molecule has 1 amide bonds. The number of hydrogen-bond acceptors (Lipinski definition) is 5.